The molecule has 1 fully saturated rings. The molecule has 2 amide bonds. The topological polar surface area (TPSA) is 91.3 Å². The van der Waals surface area contributed by atoms with E-state index in [9.17, 15) is 9.59 Å². The Hall–Kier alpha value is -2.39. The molecule has 1 N–H and O–H groups in total. The lowest BCUT2D eigenvalue weighted by Gasteiger charge is -2.40. The smallest absolute Gasteiger partial charge is 0.230 e. The van der Waals surface area contributed by atoms with Crippen LogP contribution in [-0.2, 0) is 16.1 Å². The first-order chi connectivity index (χ1) is 15.3. The van der Waals surface area contributed by atoms with Crippen molar-refractivity contribution in [1.82, 2.24) is 25.2 Å². The normalized spacial score (nSPS) is 16.3. The number of carbonyl (C=O) groups excluding carboxylic acids is 2. The Kier molecular flexibility index (Phi) is 8.69. The summed E-state index contributed by atoms with van der Waals surface area (Å²) in [5.41, 5.74) is 0.798. The number of halogens is 1. The molecule has 10 heteroatoms. The van der Waals surface area contributed by atoms with Crippen LogP contribution in [0.5, 0.6) is 0 Å². The fraction of sp³-hybridized carbons (Fsp3) is 0.500. The second-order valence-corrected chi connectivity index (χ2v) is 9.53. The SMILES string of the molecule is CC(C)CC(=O)N1CCN(c2cc(Cl)nc(SCC(=O)NCc3ccccn3)n2)CC1C. The molecule has 0 spiro atoms. The van der Waals surface area contributed by atoms with E-state index in [2.05, 4.69) is 45.9 Å². The zero-order chi connectivity index (χ0) is 23.1. The van der Waals surface area contributed by atoms with Crippen molar-refractivity contribution < 1.29 is 9.59 Å². The predicted molar refractivity (Wildman–Crippen MR) is 127 cm³/mol. The second kappa shape index (κ2) is 11.5. The van der Waals surface area contributed by atoms with Crippen LogP contribution in [-0.4, -0.2) is 63.1 Å². The highest BCUT2D eigenvalue weighted by molar-refractivity contribution is 7.99. The quantitative estimate of drug-likeness (QED) is 0.355. The molecule has 1 atom stereocenters. The van der Waals surface area contributed by atoms with Crippen molar-refractivity contribution in [3.63, 3.8) is 0 Å². The van der Waals surface area contributed by atoms with Gasteiger partial charge >= 0.3 is 0 Å². The van der Waals surface area contributed by atoms with Crippen LogP contribution in [0.2, 0.25) is 5.15 Å². The molecule has 0 saturated carbocycles. The maximum Gasteiger partial charge on any atom is 0.230 e. The van der Waals surface area contributed by atoms with Crippen molar-refractivity contribution in [2.24, 2.45) is 5.92 Å². The van der Waals surface area contributed by atoms with E-state index < -0.39 is 0 Å². The fourth-order valence-electron chi connectivity index (χ4n) is 3.49. The molecule has 0 radical (unpaired) electrons. The molecule has 1 saturated heterocycles. The number of nitrogens with zero attached hydrogens (tertiary/aromatic N) is 5. The molecular formula is C22H29ClN6O2S. The molecule has 1 unspecified atom stereocenters. The average molecular weight is 477 g/mol. The highest BCUT2D eigenvalue weighted by Gasteiger charge is 2.28. The number of nitrogens with one attached hydrogen (secondary N) is 1. The number of aromatic nitrogens is 3. The Morgan fingerprint density at radius 3 is 2.78 bits per heavy atom. The first-order valence-electron chi connectivity index (χ1n) is 10.7. The van der Waals surface area contributed by atoms with Crippen LogP contribution < -0.4 is 10.2 Å². The minimum absolute atomic E-state index is 0.0808. The zero-order valence-electron chi connectivity index (χ0n) is 18.6. The summed E-state index contributed by atoms with van der Waals surface area (Å²) in [5, 5.41) is 3.62. The van der Waals surface area contributed by atoms with Crippen LogP contribution in [0, 0.1) is 5.92 Å². The Morgan fingerprint density at radius 2 is 2.09 bits per heavy atom. The molecule has 0 bridgehead atoms. The number of anilines is 1. The summed E-state index contributed by atoms with van der Waals surface area (Å²) in [6, 6.07) is 7.38. The summed E-state index contributed by atoms with van der Waals surface area (Å²) in [5.74, 6) is 1.30. The van der Waals surface area contributed by atoms with Crippen LogP contribution in [0.4, 0.5) is 5.82 Å². The molecule has 3 heterocycles. The Bertz CT molecular complexity index is 930. The van der Waals surface area contributed by atoms with E-state index in [1.807, 2.05) is 23.1 Å². The lowest BCUT2D eigenvalue weighted by atomic mass is 10.1. The third-order valence-electron chi connectivity index (χ3n) is 5.04. The minimum atomic E-state index is -0.128. The first-order valence-corrected chi connectivity index (χ1v) is 12.1. The minimum Gasteiger partial charge on any atom is -0.353 e. The summed E-state index contributed by atoms with van der Waals surface area (Å²) in [6.07, 6.45) is 2.26. The lowest BCUT2D eigenvalue weighted by Crippen LogP contribution is -2.54. The number of hydrogen-bond donors (Lipinski definition) is 1. The molecule has 1 aliphatic rings. The number of carbonyl (C=O) groups is 2. The first kappa shape index (κ1) is 24.3. The molecule has 8 nitrogen and oxygen atoms in total. The maximum atomic E-state index is 12.5. The summed E-state index contributed by atoms with van der Waals surface area (Å²) >= 11 is 7.47. The monoisotopic (exact) mass is 476 g/mol. The van der Waals surface area contributed by atoms with E-state index in [1.165, 1.54) is 11.8 Å². The van der Waals surface area contributed by atoms with Crippen molar-refractivity contribution in [1.29, 1.82) is 0 Å². The largest absolute Gasteiger partial charge is 0.353 e. The van der Waals surface area contributed by atoms with Gasteiger partial charge in [0.2, 0.25) is 11.8 Å². The number of rotatable bonds is 8. The van der Waals surface area contributed by atoms with Gasteiger partial charge in [0, 0.05) is 44.4 Å². The Labute approximate surface area is 198 Å². The van der Waals surface area contributed by atoms with E-state index in [0.717, 1.165) is 5.69 Å². The summed E-state index contributed by atoms with van der Waals surface area (Å²) in [6.45, 7) is 8.53. The molecule has 172 valence electrons. The number of piperazine rings is 1. The van der Waals surface area contributed by atoms with E-state index >= 15 is 0 Å². The van der Waals surface area contributed by atoms with Gasteiger partial charge in [0.15, 0.2) is 5.16 Å². The third kappa shape index (κ3) is 7.06. The molecular weight excluding hydrogens is 448 g/mol. The van der Waals surface area contributed by atoms with Crippen molar-refractivity contribution in [2.45, 2.75) is 44.9 Å². The zero-order valence-corrected chi connectivity index (χ0v) is 20.2. The van der Waals surface area contributed by atoms with Gasteiger partial charge in [-0.2, -0.15) is 0 Å². The molecule has 3 rings (SSSR count). The van der Waals surface area contributed by atoms with Gasteiger partial charge in [-0.3, -0.25) is 14.6 Å². The van der Waals surface area contributed by atoms with Crippen molar-refractivity contribution >= 4 is 41.0 Å². The summed E-state index contributed by atoms with van der Waals surface area (Å²) < 4.78 is 0. The van der Waals surface area contributed by atoms with Crippen molar-refractivity contribution in [3.8, 4) is 0 Å². The highest BCUT2D eigenvalue weighted by Crippen LogP contribution is 2.24. The van der Waals surface area contributed by atoms with Crippen molar-refractivity contribution in [3.05, 3.63) is 41.3 Å². The third-order valence-corrected chi connectivity index (χ3v) is 6.08. The number of hydrogen-bond acceptors (Lipinski definition) is 7. The van der Waals surface area contributed by atoms with Gasteiger partial charge in [-0.1, -0.05) is 43.3 Å². The molecule has 0 aromatic carbocycles. The Balaban J connectivity index is 1.55. The predicted octanol–water partition coefficient (Wildman–Crippen LogP) is 3.02. The van der Waals surface area contributed by atoms with Crippen LogP contribution in [0.1, 0.15) is 32.9 Å². The van der Waals surface area contributed by atoms with Crippen molar-refractivity contribution in [2.75, 3.05) is 30.3 Å². The molecule has 1 aliphatic heterocycles. The lowest BCUT2D eigenvalue weighted by molar-refractivity contribution is -0.134. The van der Waals surface area contributed by atoms with Gasteiger partial charge in [0.25, 0.3) is 0 Å². The second-order valence-electron chi connectivity index (χ2n) is 8.20. The van der Waals surface area contributed by atoms with Crippen LogP contribution in [0.3, 0.4) is 0 Å². The molecule has 32 heavy (non-hydrogen) atoms. The fourth-order valence-corrected chi connectivity index (χ4v) is 4.40. The highest BCUT2D eigenvalue weighted by atomic mass is 35.5. The van der Waals surface area contributed by atoms with Gasteiger partial charge < -0.3 is 15.1 Å². The van der Waals surface area contributed by atoms with Gasteiger partial charge in [-0.05, 0) is 25.0 Å². The number of amides is 2. The van der Waals surface area contributed by atoms with E-state index in [0.29, 0.717) is 54.6 Å². The van der Waals surface area contributed by atoms with E-state index in [-0.39, 0.29) is 23.6 Å². The summed E-state index contributed by atoms with van der Waals surface area (Å²) in [4.78, 5) is 41.8. The van der Waals surface area contributed by atoms with Gasteiger partial charge in [0.05, 0.1) is 18.0 Å². The van der Waals surface area contributed by atoms with Crippen LogP contribution in [0.15, 0.2) is 35.6 Å². The molecule has 2 aromatic heterocycles. The summed E-state index contributed by atoms with van der Waals surface area (Å²) in [7, 11) is 0. The average Bonchev–Trinajstić information content (AvgIpc) is 2.76. The van der Waals surface area contributed by atoms with E-state index in [4.69, 9.17) is 11.6 Å². The van der Waals surface area contributed by atoms with Gasteiger partial charge in [-0.25, -0.2) is 9.97 Å². The maximum absolute atomic E-state index is 12.5. The van der Waals surface area contributed by atoms with Crippen LogP contribution >= 0.6 is 23.4 Å². The molecule has 0 aliphatic carbocycles. The Morgan fingerprint density at radius 1 is 1.28 bits per heavy atom. The number of thioether (sulfide) groups is 1. The van der Waals surface area contributed by atoms with Gasteiger partial charge in [-0.15, -0.1) is 0 Å². The number of pyridine rings is 1. The van der Waals surface area contributed by atoms with Crippen LogP contribution in [0.25, 0.3) is 0 Å². The standard InChI is InChI=1S/C22H29ClN6O2S/c1-15(2)10-21(31)29-9-8-28(13-16(29)3)19-11-18(23)26-22(27-19)32-14-20(30)25-12-17-6-4-5-7-24-17/h4-7,11,15-16H,8-10,12-14H2,1-3H3,(H,25,30). The van der Waals surface area contributed by atoms with E-state index in [1.54, 1.807) is 12.3 Å². The molecule has 2 aromatic rings. The van der Waals surface area contributed by atoms with Gasteiger partial charge in [0.1, 0.15) is 11.0 Å².